The van der Waals surface area contributed by atoms with E-state index in [1.165, 1.54) is 0 Å². The molecule has 0 aliphatic heterocycles. The zero-order valence-electron chi connectivity index (χ0n) is 10.8. The van der Waals surface area contributed by atoms with E-state index in [0.29, 0.717) is 0 Å². The predicted octanol–water partition coefficient (Wildman–Crippen LogP) is 3.06. The molecular formula is C14H18O3S. The molecule has 0 saturated heterocycles. The average Bonchev–Trinajstić information content (AvgIpc) is 2.25. The van der Waals surface area contributed by atoms with Gasteiger partial charge in [-0.05, 0) is 37.3 Å². The van der Waals surface area contributed by atoms with Crippen LogP contribution in [0.2, 0.25) is 0 Å². The van der Waals surface area contributed by atoms with Gasteiger partial charge < -0.3 is 0 Å². The Morgan fingerprint density at radius 2 is 1.83 bits per heavy atom. The maximum atomic E-state index is 12.0. The second-order valence-corrected chi connectivity index (χ2v) is 7.06. The van der Waals surface area contributed by atoms with Gasteiger partial charge in [0.05, 0.1) is 11.5 Å². The third kappa shape index (κ3) is 2.82. The summed E-state index contributed by atoms with van der Waals surface area (Å²) in [6.07, 6.45) is 1.69. The largest absolute Gasteiger partial charge is 0.296 e. The molecule has 0 radical (unpaired) electrons. The molecule has 0 aromatic heterocycles. The lowest BCUT2D eigenvalue weighted by atomic mass is 9.68. The van der Waals surface area contributed by atoms with Crippen molar-refractivity contribution in [1.82, 2.24) is 0 Å². The molecule has 18 heavy (non-hydrogen) atoms. The van der Waals surface area contributed by atoms with Gasteiger partial charge in [-0.15, -0.1) is 0 Å². The number of rotatable bonds is 4. The lowest BCUT2D eigenvalue weighted by Gasteiger charge is -2.39. The summed E-state index contributed by atoms with van der Waals surface area (Å²) < 4.78 is 29.1. The molecule has 4 heteroatoms. The van der Waals surface area contributed by atoms with Gasteiger partial charge in [-0.1, -0.05) is 36.8 Å². The van der Waals surface area contributed by atoms with E-state index in [4.69, 9.17) is 4.18 Å². The lowest BCUT2D eigenvalue weighted by molar-refractivity contribution is 0.126. The van der Waals surface area contributed by atoms with Gasteiger partial charge in [-0.3, -0.25) is 4.18 Å². The van der Waals surface area contributed by atoms with Crippen molar-refractivity contribution in [2.24, 2.45) is 5.41 Å². The van der Waals surface area contributed by atoms with Crippen LogP contribution in [0.3, 0.4) is 0 Å². The summed E-state index contributed by atoms with van der Waals surface area (Å²) in [4.78, 5) is 0.217. The Bertz CT molecular complexity index is 547. The van der Waals surface area contributed by atoms with Crippen molar-refractivity contribution < 1.29 is 12.6 Å². The van der Waals surface area contributed by atoms with Gasteiger partial charge in [-0.25, -0.2) is 0 Å². The maximum absolute atomic E-state index is 12.0. The molecule has 1 aliphatic rings. The number of hydrogen-bond donors (Lipinski definition) is 0. The molecule has 3 nitrogen and oxygen atoms in total. The SMILES string of the molecule is C=C1CC(C)(COS(=O)(=O)c2ccc(C)cc2)C1. The Kier molecular flexibility index (Phi) is 3.34. The van der Waals surface area contributed by atoms with Crippen molar-refractivity contribution in [2.75, 3.05) is 6.61 Å². The highest BCUT2D eigenvalue weighted by atomic mass is 32.2. The molecule has 0 N–H and O–H groups in total. The van der Waals surface area contributed by atoms with Gasteiger partial charge in [0.1, 0.15) is 0 Å². The second kappa shape index (κ2) is 4.52. The lowest BCUT2D eigenvalue weighted by Crippen LogP contribution is -2.33. The zero-order chi connectivity index (χ0) is 13.4. The average molecular weight is 266 g/mol. The van der Waals surface area contributed by atoms with Crippen LogP contribution >= 0.6 is 0 Å². The molecule has 2 rings (SSSR count). The van der Waals surface area contributed by atoms with E-state index in [1.54, 1.807) is 24.3 Å². The minimum absolute atomic E-state index is 0.0746. The fourth-order valence-corrected chi connectivity index (χ4v) is 3.30. The molecule has 0 heterocycles. The minimum atomic E-state index is -3.63. The molecule has 0 unspecified atom stereocenters. The van der Waals surface area contributed by atoms with Gasteiger partial charge in [0.25, 0.3) is 10.1 Å². The van der Waals surface area contributed by atoms with Crippen LogP contribution < -0.4 is 0 Å². The quantitative estimate of drug-likeness (QED) is 0.621. The molecule has 1 aromatic rings. The molecule has 1 aliphatic carbocycles. The van der Waals surface area contributed by atoms with Crippen LogP contribution in [-0.2, 0) is 14.3 Å². The van der Waals surface area contributed by atoms with E-state index in [-0.39, 0.29) is 16.9 Å². The molecular weight excluding hydrogens is 248 g/mol. The standard InChI is InChI=1S/C14H18O3S/c1-11-4-6-13(7-5-11)18(15,16)17-10-14(3)8-12(2)9-14/h4-7H,2,8-10H2,1,3H3. The van der Waals surface area contributed by atoms with Crippen LogP contribution in [0, 0.1) is 12.3 Å². The first-order valence-electron chi connectivity index (χ1n) is 5.94. The van der Waals surface area contributed by atoms with Crippen LogP contribution in [0.5, 0.6) is 0 Å². The predicted molar refractivity (Wildman–Crippen MR) is 70.8 cm³/mol. The summed E-state index contributed by atoms with van der Waals surface area (Å²) in [6, 6.07) is 6.69. The molecule has 0 bridgehead atoms. The van der Waals surface area contributed by atoms with Gasteiger partial charge in [0.15, 0.2) is 0 Å². The van der Waals surface area contributed by atoms with E-state index < -0.39 is 10.1 Å². The number of hydrogen-bond acceptors (Lipinski definition) is 3. The van der Waals surface area contributed by atoms with Gasteiger partial charge >= 0.3 is 0 Å². The van der Waals surface area contributed by atoms with Crippen LogP contribution in [0.1, 0.15) is 25.3 Å². The molecule has 1 fully saturated rings. The summed E-state index contributed by atoms with van der Waals surface area (Å²) in [5, 5.41) is 0. The topological polar surface area (TPSA) is 43.4 Å². The van der Waals surface area contributed by atoms with Crippen molar-refractivity contribution >= 4 is 10.1 Å². The smallest absolute Gasteiger partial charge is 0.266 e. The Hall–Kier alpha value is -1.13. The minimum Gasteiger partial charge on any atom is -0.266 e. The Balaban J connectivity index is 2.04. The molecule has 98 valence electrons. The van der Waals surface area contributed by atoms with Crippen molar-refractivity contribution in [3.8, 4) is 0 Å². The monoisotopic (exact) mass is 266 g/mol. The molecule has 1 saturated carbocycles. The Morgan fingerprint density at radius 1 is 1.28 bits per heavy atom. The maximum Gasteiger partial charge on any atom is 0.296 e. The summed E-state index contributed by atoms with van der Waals surface area (Å²) >= 11 is 0. The first-order chi connectivity index (χ1) is 8.31. The third-order valence-electron chi connectivity index (χ3n) is 3.23. The molecule has 1 aromatic carbocycles. The summed E-state index contributed by atoms with van der Waals surface area (Å²) in [5.74, 6) is 0. The van der Waals surface area contributed by atoms with E-state index in [2.05, 4.69) is 6.58 Å². The van der Waals surface area contributed by atoms with Gasteiger partial charge in [0, 0.05) is 0 Å². The van der Waals surface area contributed by atoms with E-state index >= 15 is 0 Å². The van der Waals surface area contributed by atoms with Crippen molar-refractivity contribution in [3.05, 3.63) is 42.0 Å². The number of allylic oxidation sites excluding steroid dienone is 1. The fraction of sp³-hybridized carbons (Fsp3) is 0.429. The van der Waals surface area contributed by atoms with E-state index in [9.17, 15) is 8.42 Å². The molecule has 0 spiro atoms. The highest BCUT2D eigenvalue weighted by Gasteiger charge is 2.36. The number of aryl methyl sites for hydroxylation is 1. The van der Waals surface area contributed by atoms with Crippen molar-refractivity contribution in [2.45, 2.75) is 31.6 Å². The van der Waals surface area contributed by atoms with E-state index in [0.717, 1.165) is 24.0 Å². The third-order valence-corrected chi connectivity index (χ3v) is 4.50. The first kappa shape index (κ1) is 13.3. The van der Waals surface area contributed by atoms with Crippen molar-refractivity contribution in [3.63, 3.8) is 0 Å². The van der Waals surface area contributed by atoms with Gasteiger partial charge in [0.2, 0.25) is 0 Å². The summed E-state index contributed by atoms with van der Waals surface area (Å²) in [5.41, 5.74) is 2.11. The van der Waals surface area contributed by atoms with Crippen LogP contribution in [-0.4, -0.2) is 15.0 Å². The molecule has 0 atom stereocenters. The summed E-state index contributed by atoms with van der Waals surface area (Å²) in [6.45, 7) is 8.02. The Morgan fingerprint density at radius 3 is 2.33 bits per heavy atom. The first-order valence-corrected chi connectivity index (χ1v) is 7.34. The van der Waals surface area contributed by atoms with Crippen molar-refractivity contribution in [1.29, 1.82) is 0 Å². The second-order valence-electron chi connectivity index (χ2n) is 5.44. The van der Waals surface area contributed by atoms with Gasteiger partial charge in [-0.2, -0.15) is 8.42 Å². The number of benzene rings is 1. The molecule has 0 amide bonds. The van der Waals surface area contributed by atoms with E-state index in [1.807, 2.05) is 13.8 Å². The van der Waals surface area contributed by atoms with Crippen LogP contribution in [0.15, 0.2) is 41.3 Å². The zero-order valence-corrected chi connectivity index (χ0v) is 11.6. The van der Waals surface area contributed by atoms with Crippen LogP contribution in [0.25, 0.3) is 0 Å². The Labute approximate surface area is 109 Å². The van der Waals surface area contributed by atoms with Crippen LogP contribution in [0.4, 0.5) is 0 Å². The summed E-state index contributed by atoms with van der Waals surface area (Å²) in [7, 11) is -3.63. The highest BCUT2D eigenvalue weighted by molar-refractivity contribution is 7.86. The normalized spacial score (nSPS) is 18.4. The fourth-order valence-electron chi connectivity index (χ4n) is 2.25. The highest BCUT2D eigenvalue weighted by Crippen LogP contribution is 2.44.